The number of hydrogen-bond acceptors (Lipinski definition) is 6. The van der Waals surface area contributed by atoms with Gasteiger partial charge in [0.25, 0.3) is 5.91 Å². The Morgan fingerprint density at radius 3 is 2.82 bits per heavy atom. The molecule has 2 aliphatic rings. The van der Waals surface area contributed by atoms with Crippen molar-refractivity contribution in [1.29, 1.82) is 0 Å². The molecule has 140 valence electrons. The third kappa shape index (κ3) is 2.51. The van der Waals surface area contributed by atoms with Crippen LogP contribution in [0.1, 0.15) is 28.8 Å². The molecule has 9 heteroatoms. The number of imidazole rings is 1. The number of aromatic nitrogens is 3. The lowest BCUT2D eigenvalue weighted by molar-refractivity contribution is -0.136. The minimum Gasteiger partial charge on any atom is -0.382 e. The van der Waals surface area contributed by atoms with Crippen LogP contribution in [0.4, 0.5) is 5.82 Å². The topological polar surface area (TPSA) is 123 Å². The highest BCUT2D eigenvalue weighted by Gasteiger charge is 2.39. The van der Waals surface area contributed by atoms with Crippen molar-refractivity contribution in [1.82, 2.24) is 24.8 Å². The van der Waals surface area contributed by atoms with Crippen LogP contribution in [0.3, 0.4) is 0 Å². The summed E-state index contributed by atoms with van der Waals surface area (Å²) in [6, 6.07) is 8.55. The lowest BCUT2D eigenvalue weighted by atomic mass is 10.0. The molecule has 3 N–H and O–H groups in total. The van der Waals surface area contributed by atoms with E-state index < -0.39 is 11.9 Å². The Balaban J connectivity index is 1.46. The number of amides is 3. The van der Waals surface area contributed by atoms with Crippen molar-refractivity contribution in [3.63, 3.8) is 0 Å². The van der Waals surface area contributed by atoms with E-state index in [0.29, 0.717) is 30.0 Å². The average molecular weight is 376 g/mol. The quantitative estimate of drug-likeness (QED) is 0.636. The first-order valence-corrected chi connectivity index (χ1v) is 8.89. The Hall–Kier alpha value is -3.75. The summed E-state index contributed by atoms with van der Waals surface area (Å²) in [4.78, 5) is 42.0. The third-order valence-corrected chi connectivity index (χ3v) is 5.16. The molecule has 28 heavy (non-hydrogen) atoms. The first-order valence-electron chi connectivity index (χ1n) is 8.89. The van der Waals surface area contributed by atoms with Gasteiger partial charge in [0.15, 0.2) is 5.65 Å². The van der Waals surface area contributed by atoms with Gasteiger partial charge in [0, 0.05) is 24.1 Å². The molecule has 1 unspecified atom stereocenters. The maximum absolute atomic E-state index is 12.8. The monoisotopic (exact) mass is 376 g/mol. The summed E-state index contributed by atoms with van der Waals surface area (Å²) < 4.78 is 1.61. The van der Waals surface area contributed by atoms with Gasteiger partial charge in [0.2, 0.25) is 11.8 Å². The minimum atomic E-state index is -0.621. The first kappa shape index (κ1) is 16.4. The molecule has 2 aromatic heterocycles. The van der Waals surface area contributed by atoms with Crippen molar-refractivity contribution in [3.8, 4) is 11.3 Å². The third-order valence-electron chi connectivity index (χ3n) is 5.16. The van der Waals surface area contributed by atoms with Crippen LogP contribution in [0.5, 0.6) is 0 Å². The van der Waals surface area contributed by atoms with Crippen LogP contribution < -0.4 is 11.1 Å². The lowest BCUT2D eigenvalue weighted by Crippen LogP contribution is -2.52. The van der Waals surface area contributed by atoms with Gasteiger partial charge < -0.3 is 10.6 Å². The zero-order valence-electron chi connectivity index (χ0n) is 14.8. The van der Waals surface area contributed by atoms with Crippen molar-refractivity contribution >= 4 is 29.2 Å². The summed E-state index contributed by atoms with van der Waals surface area (Å²) in [6.45, 7) is 0.328. The number of piperidine rings is 1. The van der Waals surface area contributed by atoms with Crippen molar-refractivity contribution in [2.45, 2.75) is 25.4 Å². The van der Waals surface area contributed by atoms with Crippen LogP contribution in [0, 0.1) is 0 Å². The molecular weight excluding hydrogens is 360 g/mol. The van der Waals surface area contributed by atoms with Gasteiger partial charge >= 0.3 is 0 Å². The van der Waals surface area contributed by atoms with Gasteiger partial charge in [0.05, 0.1) is 11.9 Å². The summed E-state index contributed by atoms with van der Waals surface area (Å²) in [6.07, 6.45) is 2.22. The molecule has 2 aliphatic heterocycles. The second kappa shape index (κ2) is 5.88. The number of carbonyl (C=O) groups is 3. The molecule has 9 nitrogen and oxygen atoms in total. The Labute approximate surface area is 159 Å². The van der Waals surface area contributed by atoms with E-state index in [-0.39, 0.29) is 18.2 Å². The smallest absolute Gasteiger partial charge is 0.255 e. The number of nitrogen functional groups attached to an aromatic ring is 1. The Morgan fingerprint density at radius 2 is 2.00 bits per heavy atom. The molecule has 0 radical (unpaired) electrons. The van der Waals surface area contributed by atoms with Crippen molar-refractivity contribution in [2.24, 2.45) is 0 Å². The molecule has 3 aromatic rings. The molecule has 0 saturated carbocycles. The molecule has 5 rings (SSSR count). The van der Waals surface area contributed by atoms with Gasteiger partial charge in [-0.15, -0.1) is 0 Å². The van der Waals surface area contributed by atoms with Gasteiger partial charge in [-0.3, -0.25) is 19.7 Å². The first-order chi connectivity index (χ1) is 13.5. The number of rotatable bonds is 2. The number of imide groups is 1. The van der Waals surface area contributed by atoms with Gasteiger partial charge in [-0.25, -0.2) is 9.50 Å². The van der Waals surface area contributed by atoms with Crippen LogP contribution in [0.25, 0.3) is 16.9 Å². The number of nitrogens with two attached hydrogens (primary N) is 1. The fourth-order valence-corrected chi connectivity index (χ4v) is 3.79. The molecule has 4 heterocycles. The van der Waals surface area contributed by atoms with E-state index in [1.54, 1.807) is 16.8 Å². The van der Waals surface area contributed by atoms with Crippen molar-refractivity contribution in [3.05, 3.63) is 47.7 Å². The zero-order valence-corrected chi connectivity index (χ0v) is 14.8. The molecule has 1 atom stereocenters. The van der Waals surface area contributed by atoms with E-state index in [9.17, 15) is 14.4 Å². The normalized spacial score (nSPS) is 19.2. The molecule has 1 aromatic carbocycles. The number of anilines is 1. The summed E-state index contributed by atoms with van der Waals surface area (Å²) in [5.41, 5.74) is 9.34. The minimum absolute atomic E-state index is 0.193. The fraction of sp³-hybridized carbons (Fsp3) is 0.211. The van der Waals surface area contributed by atoms with Crippen LogP contribution in [0.15, 0.2) is 36.5 Å². The highest BCUT2D eigenvalue weighted by atomic mass is 16.2. The second-order valence-electron chi connectivity index (χ2n) is 6.96. The SMILES string of the molecule is Nc1cn2nc(-c3ccc4c(c3)CN(C3CCC(=O)NC3=O)C4=O)ccc2n1. The Kier molecular flexibility index (Phi) is 3.45. The van der Waals surface area contributed by atoms with E-state index in [1.165, 1.54) is 4.90 Å². The summed E-state index contributed by atoms with van der Waals surface area (Å²) in [7, 11) is 0. The second-order valence-corrected chi connectivity index (χ2v) is 6.96. The van der Waals surface area contributed by atoms with Gasteiger partial charge in [0.1, 0.15) is 11.9 Å². The van der Waals surface area contributed by atoms with Crippen molar-refractivity contribution < 1.29 is 14.4 Å². The highest BCUT2D eigenvalue weighted by molar-refractivity contribution is 6.05. The fourth-order valence-electron chi connectivity index (χ4n) is 3.79. The van der Waals surface area contributed by atoms with Crippen LogP contribution in [-0.4, -0.2) is 43.3 Å². The largest absolute Gasteiger partial charge is 0.382 e. The lowest BCUT2D eigenvalue weighted by Gasteiger charge is -2.29. The Bertz CT molecular complexity index is 1170. The summed E-state index contributed by atoms with van der Waals surface area (Å²) in [5, 5.41) is 6.82. The number of carbonyl (C=O) groups excluding carboxylic acids is 3. The Morgan fingerprint density at radius 1 is 1.14 bits per heavy atom. The zero-order chi connectivity index (χ0) is 19.4. The highest BCUT2D eigenvalue weighted by Crippen LogP contribution is 2.30. The summed E-state index contributed by atoms with van der Waals surface area (Å²) in [5.74, 6) is -0.511. The maximum atomic E-state index is 12.8. The van der Waals surface area contributed by atoms with Crippen LogP contribution in [0.2, 0.25) is 0 Å². The number of benzene rings is 1. The van der Waals surface area contributed by atoms with Crippen LogP contribution in [-0.2, 0) is 16.1 Å². The van der Waals surface area contributed by atoms with E-state index in [0.717, 1.165) is 16.8 Å². The summed E-state index contributed by atoms with van der Waals surface area (Å²) >= 11 is 0. The van der Waals surface area contributed by atoms with Crippen LogP contribution >= 0.6 is 0 Å². The van der Waals surface area contributed by atoms with E-state index in [1.807, 2.05) is 24.3 Å². The van der Waals surface area contributed by atoms with Gasteiger partial charge in [-0.2, -0.15) is 5.10 Å². The molecule has 3 amide bonds. The van der Waals surface area contributed by atoms with E-state index in [4.69, 9.17) is 5.73 Å². The molecule has 0 aliphatic carbocycles. The predicted molar refractivity (Wildman–Crippen MR) is 98.9 cm³/mol. The van der Waals surface area contributed by atoms with Crippen molar-refractivity contribution in [2.75, 3.05) is 5.73 Å². The molecule has 1 fully saturated rings. The number of nitrogens with one attached hydrogen (secondary N) is 1. The standard InChI is InChI=1S/C19H16N6O3/c20-15-9-25-16(21-15)5-3-13(23-25)10-1-2-12-11(7-10)8-24(19(12)28)14-4-6-17(26)22-18(14)27/h1-3,5,7,9,14H,4,6,8,20H2,(H,22,26,27). The number of hydrogen-bond donors (Lipinski definition) is 2. The van der Waals surface area contributed by atoms with Gasteiger partial charge in [-0.1, -0.05) is 6.07 Å². The number of nitrogens with zero attached hydrogens (tertiary/aromatic N) is 4. The van der Waals surface area contributed by atoms with Gasteiger partial charge in [-0.05, 0) is 36.2 Å². The molecule has 1 saturated heterocycles. The maximum Gasteiger partial charge on any atom is 0.255 e. The molecule has 0 bridgehead atoms. The average Bonchev–Trinajstić information content (AvgIpc) is 3.20. The predicted octanol–water partition coefficient (Wildman–Crippen LogP) is 0.739. The number of fused-ring (bicyclic) bond motifs is 2. The van der Waals surface area contributed by atoms with E-state index in [2.05, 4.69) is 15.4 Å². The molecule has 0 spiro atoms. The van der Waals surface area contributed by atoms with E-state index >= 15 is 0 Å². The molecular formula is C19H16N6O3.